The molecule has 0 radical (unpaired) electrons. The summed E-state index contributed by atoms with van der Waals surface area (Å²) < 4.78 is 0. The van der Waals surface area contributed by atoms with E-state index in [1.54, 1.807) is 48.5 Å². The van der Waals surface area contributed by atoms with Crippen LogP contribution in [0.4, 0.5) is 5.69 Å². The van der Waals surface area contributed by atoms with Crippen LogP contribution in [0.2, 0.25) is 0 Å². The third-order valence-electron chi connectivity index (χ3n) is 4.32. The second-order valence-electron chi connectivity index (χ2n) is 6.62. The minimum absolute atomic E-state index is 0.0752. The van der Waals surface area contributed by atoms with E-state index in [0.29, 0.717) is 22.7 Å². The molecule has 162 valence electrons. The van der Waals surface area contributed by atoms with E-state index in [0.717, 1.165) is 5.56 Å². The number of anilines is 1. The van der Waals surface area contributed by atoms with Crippen LogP contribution >= 0.6 is 11.8 Å². The Morgan fingerprint density at radius 2 is 1.34 bits per heavy atom. The summed E-state index contributed by atoms with van der Waals surface area (Å²) in [5.74, 6) is -1.51. The van der Waals surface area contributed by atoms with Gasteiger partial charge in [-0.3, -0.25) is 14.4 Å². The van der Waals surface area contributed by atoms with Gasteiger partial charge >= 0.3 is 5.97 Å². The lowest BCUT2D eigenvalue weighted by Crippen LogP contribution is -2.23. The number of hydrogen-bond acceptors (Lipinski definition) is 5. The average Bonchev–Trinajstić information content (AvgIpc) is 2.82. The van der Waals surface area contributed by atoms with Gasteiger partial charge in [-0.1, -0.05) is 60.7 Å². The second kappa shape index (κ2) is 11.5. The van der Waals surface area contributed by atoms with Crippen molar-refractivity contribution in [2.75, 3.05) is 16.8 Å². The highest BCUT2D eigenvalue weighted by molar-refractivity contribution is 8.00. The van der Waals surface area contributed by atoms with E-state index in [2.05, 4.69) is 15.8 Å². The third kappa shape index (κ3) is 6.55. The van der Waals surface area contributed by atoms with Crippen molar-refractivity contribution in [1.82, 2.24) is 5.43 Å². The van der Waals surface area contributed by atoms with Crippen LogP contribution in [0.1, 0.15) is 26.3 Å². The summed E-state index contributed by atoms with van der Waals surface area (Å²) in [5.41, 5.74) is 4.93. The van der Waals surface area contributed by atoms with Crippen molar-refractivity contribution < 1.29 is 19.5 Å². The molecule has 0 aromatic heterocycles. The lowest BCUT2D eigenvalue weighted by Gasteiger charge is -2.11. The van der Waals surface area contributed by atoms with Gasteiger partial charge in [0.2, 0.25) is 0 Å². The molecule has 0 spiro atoms. The Morgan fingerprint density at radius 1 is 0.750 bits per heavy atom. The first kappa shape index (κ1) is 22.8. The molecule has 0 unspecified atom stereocenters. The van der Waals surface area contributed by atoms with E-state index >= 15 is 0 Å². The SMILES string of the molecule is O=C(O)CSC/C(=N\NC(=O)c1ccccc1NC(=O)c1ccccc1)c1ccccc1. The number of para-hydroxylation sites is 1. The highest BCUT2D eigenvalue weighted by atomic mass is 32.2. The molecule has 32 heavy (non-hydrogen) atoms. The van der Waals surface area contributed by atoms with Crippen molar-refractivity contribution in [1.29, 1.82) is 0 Å². The van der Waals surface area contributed by atoms with E-state index < -0.39 is 11.9 Å². The number of thioether (sulfide) groups is 1. The largest absolute Gasteiger partial charge is 0.481 e. The number of benzene rings is 3. The molecule has 0 fully saturated rings. The first-order valence-electron chi connectivity index (χ1n) is 9.72. The van der Waals surface area contributed by atoms with Crippen LogP contribution in [0.3, 0.4) is 0 Å². The molecule has 8 heteroatoms. The molecular weight excluding hydrogens is 426 g/mol. The van der Waals surface area contributed by atoms with E-state index in [4.69, 9.17) is 5.11 Å². The van der Waals surface area contributed by atoms with E-state index in [9.17, 15) is 14.4 Å². The summed E-state index contributed by atoms with van der Waals surface area (Å²) in [4.78, 5) is 36.2. The summed E-state index contributed by atoms with van der Waals surface area (Å²) in [6, 6.07) is 24.5. The van der Waals surface area contributed by atoms with Crippen molar-refractivity contribution in [2.45, 2.75) is 0 Å². The van der Waals surface area contributed by atoms with Crippen LogP contribution in [0, 0.1) is 0 Å². The number of carboxylic acids is 1. The highest BCUT2D eigenvalue weighted by Crippen LogP contribution is 2.17. The number of carbonyl (C=O) groups excluding carboxylic acids is 2. The van der Waals surface area contributed by atoms with Crippen molar-refractivity contribution in [2.24, 2.45) is 5.10 Å². The minimum Gasteiger partial charge on any atom is -0.481 e. The first-order valence-corrected chi connectivity index (χ1v) is 10.9. The van der Waals surface area contributed by atoms with Crippen LogP contribution in [-0.4, -0.2) is 40.1 Å². The molecule has 3 N–H and O–H groups in total. The number of carbonyl (C=O) groups is 3. The Morgan fingerprint density at radius 3 is 2.00 bits per heavy atom. The maximum atomic E-state index is 12.8. The van der Waals surface area contributed by atoms with E-state index in [-0.39, 0.29) is 17.2 Å². The molecular formula is C24H21N3O4S. The average molecular weight is 448 g/mol. The fraction of sp³-hybridized carbons (Fsp3) is 0.0833. The second-order valence-corrected chi connectivity index (χ2v) is 7.60. The van der Waals surface area contributed by atoms with Crippen molar-refractivity contribution in [3.05, 3.63) is 102 Å². The van der Waals surface area contributed by atoms with Gasteiger partial charge in [0.05, 0.1) is 22.7 Å². The lowest BCUT2D eigenvalue weighted by molar-refractivity contribution is -0.133. The molecule has 0 heterocycles. The van der Waals surface area contributed by atoms with Gasteiger partial charge in [0, 0.05) is 11.3 Å². The van der Waals surface area contributed by atoms with Crippen LogP contribution in [0.15, 0.2) is 90.0 Å². The molecule has 3 rings (SSSR count). The molecule has 0 aliphatic rings. The summed E-state index contributed by atoms with van der Waals surface area (Å²) in [5, 5.41) is 15.9. The number of amides is 2. The van der Waals surface area contributed by atoms with Crippen molar-refractivity contribution in [3.8, 4) is 0 Å². The fourth-order valence-electron chi connectivity index (χ4n) is 2.80. The maximum Gasteiger partial charge on any atom is 0.313 e. The lowest BCUT2D eigenvalue weighted by atomic mass is 10.1. The van der Waals surface area contributed by atoms with Crippen molar-refractivity contribution >= 4 is 40.9 Å². The van der Waals surface area contributed by atoms with Gasteiger partial charge in [-0.05, 0) is 29.8 Å². The molecule has 3 aromatic rings. The number of hydrogen-bond donors (Lipinski definition) is 3. The smallest absolute Gasteiger partial charge is 0.313 e. The zero-order valence-corrected chi connectivity index (χ0v) is 17.8. The Balaban J connectivity index is 1.76. The number of carboxylic acid groups (broad SMARTS) is 1. The number of nitrogens with one attached hydrogen (secondary N) is 2. The predicted octanol–water partition coefficient (Wildman–Crippen LogP) is 3.89. The molecule has 0 atom stereocenters. The van der Waals surface area contributed by atoms with E-state index in [1.165, 1.54) is 11.8 Å². The van der Waals surface area contributed by atoms with Crippen LogP contribution in [0.25, 0.3) is 0 Å². The fourth-order valence-corrected chi connectivity index (χ4v) is 3.50. The quantitative estimate of drug-likeness (QED) is 0.341. The topological polar surface area (TPSA) is 108 Å². The van der Waals surface area contributed by atoms with Gasteiger partial charge < -0.3 is 10.4 Å². The molecule has 0 saturated heterocycles. The summed E-state index contributed by atoms with van der Waals surface area (Å²) in [6.45, 7) is 0. The van der Waals surface area contributed by atoms with Gasteiger partial charge in [-0.2, -0.15) is 5.10 Å². The van der Waals surface area contributed by atoms with Gasteiger partial charge in [-0.15, -0.1) is 11.8 Å². The van der Waals surface area contributed by atoms with Crippen LogP contribution < -0.4 is 10.7 Å². The standard InChI is InChI=1S/C24H21N3O4S/c28-22(29)16-32-15-21(17-9-3-1-4-10-17)26-27-24(31)19-13-7-8-14-20(19)25-23(30)18-11-5-2-6-12-18/h1-14H,15-16H2,(H,25,30)(H,27,31)(H,28,29)/b26-21+. The Hall–Kier alpha value is -3.91. The summed E-state index contributed by atoms with van der Waals surface area (Å²) in [6.07, 6.45) is 0. The molecule has 0 aliphatic carbocycles. The van der Waals surface area contributed by atoms with Crippen LogP contribution in [-0.2, 0) is 4.79 Å². The zero-order valence-electron chi connectivity index (χ0n) is 17.0. The molecule has 2 amide bonds. The Bertz CT molecular complexity index is 1120. The minimum atomic E-state index is -0.922. The van der Waals surface area contributed by atoms with E-state index in [1.807, 2.05) is 36.4 Å². The molecule has 7 nitrogen and oxygen atoms in total. The third-order valence-corrected chi connectivity index (χ3v) is 5.25. The monoisotopic (exact) mass is 447 g/mol. The van der Waals surface area contributed by atoms with Gasteiger partial charge in [-0.25, -0.2) is 5.43 Å². The van der Waals surface area contributed by atoms with Gasteiger partial charge in [0.25, 0.3) is 11.8 Å². The normalized spacial score (nSPS) is 10.9. The number of aliphatic carboxylic acids is 1. The Kier molecular flexibility index (Phi) is 8.16. The zero-order chi connectivity index (χ0) is 22.8. The number of rotatable bonds is 9. The predicted molar refractivity (Wildman–Crippen MR) is 126 cm³/mol. The molecule has 0 bridgehead atoms. The highest BCUT2D eigenvalue weighted by Gasteiger charge is 2.14. The number of hydrazone groups is 1. The van der Waals surface area contributed by atoms with Gasteiger partial charge in [0.1, 0.15) is 0 Å². The molecule has 3 aromatic carbocycles. The molecule has 0 aliphatic heterocycles. The van der Waals surface area contributed by atoms with Crippen LogP contribution in [0.5, 0.6) is 0 Å². The van der Waals surface area contributed by atoms with Gasteiger partial charge in [0.15, 0.2) is 0 Å². The maximum absolute atomic E-state index is 12.8. The summed E-state index contributed by atoms with van der Waals surface area (Å²) in [7, 11) is 0. The number of nitrogens with zero attached hydrogens (tertiary/aromatic N) is 1. The first-order chi connectivity index (χ1) is 15.5. The summed E-state index contributed by atoms with van der Waals surface area (Å²) >= 11 is 1.18. The van der Waals surface area contributed by atoms with Crippen molar-refractivity contribution in [3.63, 3.8) is 0 Å². The Labute approximate surface area is 189 Å². The molecule has 0 saturated carbocycles.